The zero-order chi connectivity index (χ0) is 19.7. The zero-order valence-electron chi connectivity index (χ0n) is 15.7. The minimum absolute atomic E-state index is 0.228. The molecule has 146 valence electrons. The molecule has 0 bridgehead atoms. The van der Waals surface area contributed by atoms with E-state index in [1.54, 1.807) is 20.3 Å². The summed E-state index contributed by atoms with van der Waals surface area (Å²) in [4.78, 5) is 4.41. The third kappa shape index (κ3) is 3.54. The molecule has 0 spiro atoms. The second-order valence-electron chi connectivity index (χ2n) is 6.66. The third-order valence-electron chi connectivity index (χ3n) is 4.58. The van der Waals surface area contributed by atoms with Crippen LogP contribution < -0.4 is 35.7 Å². The molecule has 2 aromatic rings. The van der Waals surface area contributed by atoms with E-state index < -0.39 is 5.66 Å². The van der Waals surface area contributed by atoms with E-state index in [1.807, 2.05) is 36.4 Å². The minimum atomic E-state index is -0.925. The van der Waals surface area contributed by atoms with E-state index in [2.05, 4.69) is 10.3 Å². The number of methoxy groups -OCH3 is 2. The van der Waals surface area contributed by atoms with Crippen molar-refractivity contribution >= 4 is 11.7 Å². The maximum Gasteiger partial charge on any atom is 0.231 e. The molecule has 0 radical (unpaired) electrons. The Bertz CT molecular complexity index is 950. The highest BCUT2D eigenvalue weighted by molar-refractivity contribution is 5.89. The zero-order valence-corrected chi connectivity index (χ0v) is 15.7. The van der Waals surface area contributed by atoms with Gasteiger partial charge in [0.25, 0.3) is 0 Å². The number of nitrogens with one attached hydrogen (secondary N) is 1. The lowest BCUT2D eigenvalue weighted by atomic mass is 9.96. The molecule has 0 amide bonds. The van der Waals surface area contributed by atoms with Crippen molar-refractivity contribution in [2.24, 2.45) is 16.5 Å². The minimum Gasteiger partial charge on any atom is -0.497 e. The monoisotopic (exact) mass is 382 g/mol. The number of hydrogen-bond donors (Lipinski definition) is 3. The van der Waals surface area contributed by atoms with Crippen LogP contribution in [0.25, 0.3) is 5.70 Å². The lowest BCUT2D eigenvalue weighted by Gasteiger charge is -2.32. The number of aliphatic imine (C=N–C) groups is 1. The molecule has 0 saturated heterocycles. The second kappa shape index (κ2) is 6.97. The van der Waals surface area contributed by atoms with Gasteiger partial charge in [-0.1, -0.05) is 6.07 Å². The smallest absolute Gasteiger partial charge is 0.231 e. The number of ether oxygens (including phenoxy) is 4. The topological polar surface area (TPSA) is 113 Å². The number of nitrogens with two attached hydrogens (primary N) is 2. The number of nitrogens with zero attached hydrogens (tertiary/aromatic N) is 1. The van der Waals surface area contributed by atoms with E-state index in [0.29, 0.717) is 29.4 Å². The Morgan fingerprint density at radius 3 is 2.50 bits per heavy atom. The summed E-state index contributed by atoms with van der Waals surface area (Å²) in [5, 5.41) is 3.06. The van der Waals surface area contributed by atoms with Gasteiger partial charge >= 0.3 is 0 Å². The lowest BCUT2D eigenvalue weighted by molar-refractivity contribution is 0.174. The predicted molar refractivity (Wildman–Crippen MR) is 105 cm³/mol. The SMILES string of the molecule is COc1cc(OC)cc(C2=CC(N)(Cc3ccc4c(c3)OCO4)NC(N)=N2)c1. The average Bonchev–Trinajstić information content (AvgIpc) is 3.14. The molecule has 8 heteroatoms. The molecule has 5 N–H and O–H groups in total. The first kappa shape index (κ1) is 18.0. The van der Waals surface area contributed by atoms with Gasteiger partial charge in [0.05, 0.1) is 19.9 Å². The normalized spacial score (nSPS) is 20.1. The van der Waals surface area contributed by atoms with Crippen molar-refractivity contribution in [1.82, 2.24) is 5.32 Å². The van der Waals surface area contributed by atoms with Crippen molar-refractivity contribution in [2.45, 2.75) is 12.1 Å². The van der Waals surface area contributed by atoms with Gasteiger partial charge in [0.2, 0.25) is 6.79 Å². The average molecular weight is 382 g/mol. The summed E-state index contributed by atoms with van der Waals surface area (Å²) in [5.41, 5.74) is 14.1. The molecule has 1 atom stereocenters. The molecule has 4 rings (SSSR count). The molecule has 1 unspecified atom stereocenters. The van der Waals surface area contributed by atoms with Crippen LogP contribution in [0.4, 0.5) is 0 Å². The number of benzene rings is 2. The van der Waals surface area contributed by atoms with Crippen LogP contribution in [0.2, 0.25) is 0 Å². The number of hydrogen-bond acceptors (Lipinski definition) is 8. The Balaban J connectivity index is 1.67. The Morgan fingerprint density at radius 2 is 1.79 bits per heavy atom. The molecule has 2 aromatic carbocycles. The largest absolute Gasteiger partial charge is 0.497 e. The second-order valence-corrected chi connectivity index (χ2v) is 6.66. The van der Waals surface area contributed by atoms with Crippen molar-refractivity contribution in [3.8, 4) is 23.0 Å². The molecule has 0 fully saturated rings. The fraction of sp³-hybridized carbons (Fsp3) is 0.250. The molecule has 28 heavy (non-hydrogen) atoms. The van der Waals surface area contributed by atoms with Crippen LogP contribution in [0.1, 0.15) is 11.1 Å². The van der Waals surface area contributed by atoms with Crippen molar-refractivity contribution < 1.29 is 18.9 Å². The van der Waals surface area contributed by atoms with E-state index in [9.17, 15) is 0 Å². The first-order valence-corrected chi connectivity index (χ1v) is 8.74. The summed E-state index contributed by atoms with van der Waals surface area (Å²) in [5.74, 6) is 2.98. The number of rotatable bonds is 5. The van der Waals surface area contributed by atoms with Gasteiger partial charge in [-0.05, 0) is 35.9 Å². The summed E-state index contributed by atoms with van der Waals surface area (Å²) in [6, 6.07) is 11.3. The van der Waals surface area contributed by atoms with Gasteiger partial charge in [-0.2, -0.15) is 0 Å². The van der Waals surface area contributed by atoms with Crippen molar-refractivity contribution in [2.75, 3.05) is 21.0 Å². The van der Waals surface area contributed by atoms with Crippen molar-refractivity contribution in [3.05, 3.63) is 53.6 Å². The molecular weight excluding hydrogens is 360 g/mol. The van der Waals surface area contributed by atoms with Gasteiger partial charge in [-0.15, -0.1) is 0 Å². The van der Waals surface area contributed by atoms with Crippen LogP contribution in [0.5, 0.6) is 23.0 Å². The van der Waals surface area contributed by atoms with E-state index in [-0.39, 0.29) is 12.8 Å². The molecular formula is C20H22N4O4. The summed E-state index contributed by atoms with van der Waals surface area (Å²) in [6.07, 6.45) is 2.33. The first-order valence-electron chi connectivity index (χ1n) is 8.74. The van der Waals surface area contributed by atoms with Gasteiger partial charge in [0, 0.05) is 18.1 Å². The van der Waals surface area contributed by atoms with Crippen LogP contribution in [-0.4, -0.2) is 32.6 Å². The highest BCUT2D eigenvalue weighted by Crippen LogP contribution is 2.34. The molecule has 8 nitrogen and oxygen atoms in total. The van der Waals surface area contributed by atoms with Gasteiger partial charge in [-0.3, -0.25) is 0 Å². The maximum atomic E-state index is 6.61. The van der Waals surface area contributed by atoms with Crippen molar-refractivity contribution in [3.63, 3.8) is 0 Å². The van der Waals surface area contributed by atoms with Crippen LogP contribution in [0.3, 0.4) is 0 Å². The van der Waals surface area contributed by atoms with Crippen LogP contribution in [-0.2, 0) is 6.42 Å². The quantitative estimate of drug-likeness (QED) is 0.720. The van der Waals surface area contributed by atoms with Gasteiger partial charge in [0.1, 0.15) is 17.2 Å². The number of fused-ring (bicyclic) bond motifs is 1. The summed E-state index contributed by atoms with van der Waals surface area (Å²) in [6.45, 7) is 0.228. The molecule has 0 saturated carbocycles. The van der Waals surface area contributed by atoms with Crippen LogP contribution >= 0.6 is 0 Å². The molecule has 0 aliphatic carbocycles. The first-order chi connectivity index (χ1) is 13.5. The van der Waals surface area contributed by atoms with E-state index in [0.717, 1.165) is 16.9 Å². The lowest BCUT2D eigenvalue weighted by Crippen LogP contribution is -2.59. The number of guanidine groups is 1. The van der Waals surface area contributed by atoms with Gasteiger partial charge in [0.15, 0.2) is 17.5 Å². The Kier molecular flexibility index (Phi) is 4.48. The predicted octanol–water partition coefficient (Wildman–Crippen LogP) is 1.59. The van der Waals surface area contributed by atoms with Crippen LogP contribution in [0.15, 0.2) is 47.5 Å². The molecule has 2 heterocycles. The van der Waals surface area contributed by atoms with E-state index in [1.165, 1.54) is 0 Å². The molecule has 0 aromatic heterocycles. The van der Waals surface area contributed by atoms with E-state index >= 15 is 0 Å². The fourth-order valence-corrected chi connectivity index (χ4v) is 3.30. The Morgan fingerprint density at radius 1 is 1.07 bits per heavy atom. The van der Waals surface area contributed by atoms with Gasteiger partial charge < -0.3 is 35.7 Å². The maximum absolute atomic E-state index is 6.61. The summed E-state index contributed by atoms with van der Waals surface area (Å²) in [7, 11) is 3.19. The van der Waals surface area contributed by atoms with Crippen LogP contribution in [0, 0.1) is 0 Å². The molecule has 2 aliphatic rings. The summed E-state index contributed by atoms with van der Waals surface area (Å²) >= 11 is 0. The summed E-state index contributed by atoms with van der Waals surface area (Å²) < 4.78 is 21.5. The van der Waals surface area contributed by atoms with E-state index in [4.69, 9.17) is 30.4 Å². The Labute approximate surface area is 162 Å². The highest BCUT2D eigenvalue weighted by Gasteiger charge is 2.29. The fourth-order valence-electron chi connectivity index (χ4n) is 3.30. The van der Waals surface area contributed by atoms with Gasteiger partial charge in [-0.25, -0.2) is 4.99 Å². The third-order valence-corrected chi connectivity index (χ3v) is 4.58. The van der Waals surface area contributed by atoms with Crippen molar-refractivity contribution in [1.29, 1.82) is 0 Å². The standard InChI is InChI=1S/C20H22N4O4/c1-25-14-6-13(7-15(8-14)26-2)16-10-20(22,24-19(21)23-16)9-12-3-4-17-18(5-12)28-11-27-17/h3-8,10H,9,11,22H2,1-2H3,(H3,21,23,24). The molecule has 2 aliphatic heterocycles. The highest BCUT2D eigenvalue weighted by atomic mass is 16.7. The Hall–Kier alpha value is -3.39.